The number of nitrogen functional groups attached to an aromatic ring is 1. The van der Waals surface area contributed by atoms with Gasteiger partial charge in [0.2, 0.25) is 5.78 Å². The van der Waals surface area contributed by atoms with Crippen LogP contribution in [0.1, 0.15) is 17.5 Å². The van der Waals surface area contributed by atoms with Gasteiger partial charge in [-0.05, 0) is 36.5 Å². The second-order valence-corrected chi connectivity index (χ2v) is 7.61. The van der Waals surface area contributed by atoms with Crippen LogP contribution >= 0.6 is 0 Å². The number of primary amides is 1. The van der Waals surface area contributed by atoms with E-state index in [0.29, 0.717) is 11.3 Å². The van der Waals surface area contributed by atoms with Gasteiger partial charge in [0.25, 0.3) is 5.91 Å². The number of aliphatic hydroxyl groups excluding tert-OH is 2. The fourth-order valence-corrected chi connectivity index (χ4v) is 4.74. The summed E-state index contributed by atoms with van der Waals surface area (Å²) in [5, 5.41) is 42.5. The van der Waals surface area contributed by atoms with Crippen molar-refractivity contribution >= 4 is 28.9 Å². The third-order valence-electron chi connectivity index (χ3n) is 6.17. The second-order valence-electron chi connectivity index (χ2n) is 7.61. The number of hydrogen-bond acceptors (Lipinski definition) is 9. The molecule has 3 aliphatic rings. The van der Waals surface area contributed by atoms with E-state index in [0.717, 1.165) is 0 Å². The van der Waals surface area contributed by atoms with Crippen LogP contribution in [0.15, 0.2) is 29.0 Å². The number of carbonyl (C=O) groups is 3. The molecule has 0 spiro atoms. The Labute approximate surface area is 163 Å². The molecule has 0 aliphatic heterocycles. The Morgan fingerprint density at radius 2 is 1.83 bits per heavy atom. The average molecular weight is 401 g/mol. The number of ketones is 2. The van der Waals surface area contributed by atoms with Crippen LogP contribution in [0.25, 0.3) is 5.76 Å². The molecule has 0 aromatic heterocycles. The van der Waals surface area contributed by atoms with Gasteiger partial charge in [-0.25, -0.2) is 0 Å². The first-order valence-electron chi connectivity index (χ1n) is 8.86. The van der Waals surface area contributed by atoms with Crippen LogP contribution in [-0.2, 0) is 20.8 Å². The Balaban J connectivity index is 1.98. The van der Waals surface area contributed by atoms with Gasteiger partial charge in [0.05, 0.1) is 11.6 Å². The highest BCUT2D eigenvalue weighted by molar-refractivity contribution is 6.24. The van der Waals surface area contributed by atoms with Gasteiger partial charge in [0.1, 0.15) is 22.8 Å². The minimum absolute atomic E-state index is 0.0403. The van der Waals surface area contributed by atoms with Crippen LogP contribution in [0, 0.1) is 11.8 Å². The van der Waals surface area contributed by atoms with E-state index in [9.17, 15) is 34.8 Å². The minimum atomic E-state index is -2.70. The van der Waals surface area contributed by atoms with E-state index < -0.39 is 58.0 Å². The lowest BCUT2D eigenvalue weighted by molar-refractivity contribution is -0.149. The number of hydrogen-bond donors (Lipinski definition) is 7. The van der Waals surface area contributed by atoms with E-state index in [1.807, 2.05) is 0 Å². The Bertz CT molecular complexity index is 1070. The molecule has 0 saturated heterocycles. The summed E-state index contributed by atoms with van der Waals surface area (Å²) in [5.74, 6) is -7.40. The predicted octanol–water partition coefficient (Wildman–Crippen LogP) is -1.06. The van der Waals surface area contributed by atoms with Crippen molar-refractivity contribution in [1.82, 2.24) is 0 Å². The largest absolute Gasteiger partial charge is 0.508 e. The van der Waals surface area contributed by atoms with E-state index in [1.165, 1.54) is 12.1 Å². The zero-order valence-electron chi connectivity index (χ0n) is 15.0. The summed E-state index contributed by atoms with van der Waals surface area (Å²) >= 11 is 0. The number of anilines is 1. The molecule has 1 saturated carbocycles. The number of fused-ring (bicyclic) bond motifs is 3. The smallest absolute Gasteiger partial charge is 0.255 e. The number of carbonyl (C=O) groups excluding carboxylic acids is 3. The maximum absolute atomic E-state index is 13.3. The third-order valence-corrected chi connectivity index (χ3v) is 6.17. The molecular weight excluding hydrogens is 382 g/mol. The molecule has 10 nitrogen and oxygen atoms in total. The number of aliphatic hydroxyl groups is 3. The first-order valence-corrected chi connectivity index (χ1v) is 8.86. The van der Waals surface area contributed by atoms with Crippen LogP contribution in [0.4, 0.5) is 5.69 Å². The highest BCUT2D eigenvalue weighted by atomic mass is 16.3. The fourth-order valence-electron chi connectivity index (χ4n) is 4.74. The zero-order valence-corrected chi connectivity index (χ0v) is 15.0. The molecule has 4 atom stereocenters. The standard InChI is InChI=1S/C19H19N3O7/c20-8-1-2-9(23)11-6(8)3-5-4-7-13(21)15(25)12(18(22)28)17(27)19(7,29)16(26)10(5)14(11)24/h1-2,5,7,13,23-24,27,29H,3-4,20-21H2,(H2,22,28)/t5-,7-,13+,19-/m0/s1. The summed E-state index contributed by atoms with van der Waals surface area (Å²) in [6.07, 6.45) is 0.0839. The van der Waals surface area contributed by atoms with Crippen LogP contribution in [0.5, 0.6) is 5.75 Å². The van der Waals surface area contributed by atoms with Crippen LogP contribution < -0.4 is 17.2 Å². The van der Waals surface area contributed by atoms with Crippen molar-refractivity contribution < 1.29 is 34.8 Å². The monoisotopic (exact) mass is 401 g/mol. The van der Waals surface area contributed by atoms with Gasteiger partial charge in [0.15, 0.2) is 11.4 Å². The van der Waals surface area contributed by atoms with Crippen molar-refractivity contribution in [3.05, 3.63) is 40.2 Å². The van der Waals surface area contributed by atoms with Gasteiger partial charge in [-0.1, -0.05) is 0 Å². The lowest BCUT2D eigenvalue weighted by atomic mass is 9.58. The molecule has 29 heavy (non-hydrogen) atoms. The molecule has 0 bridgehead atoms. The molecule has 10 N–H and O–H groups in total. The fraction of sp³-hybridized carbons (Fsp3) is 0.316. The Hall–Kier alpha value is -3.37. The van der Waals surface area contributed by atoms with Crippen molar-refractivity contribution in [1.29, 1.82) is 0 Å². The summed E-state index contributed by atoms with van der Waals surface area (Å²) in [5.41, 5.74) is 13.8. The highest BCUT2D eigenvalue weighted by Gasteiger charge is 2.63. The number of phenols is 1. The predicted molar refractivity (Wildman–Crippen MR) is 99.2 cm³/mol. The second kappa shape index (κ2) is 5.82. The molecule has 1 aromatic carbocycles. The number of phenolic OH excluding ortho intramolecular Hbond substituents is 1. The maximum Gasteiger partial charge on any atom is 0.255 e. The van der Waals surface area contributed by atoms with Gasteiger partial charge in [-0.2, -0.15) is 0 Å². The van der Waals surface area contributed by atoms with Gasteiger partial charge in [0, 0.05) is 17.2 Å². The zero-order chi connectivity index (χ0) is 21.4. The van der Waals surface area contributed by atoms with E-state index in [2.05, 4.69) is 0 Å². The van der Waals surface area contributed by atoms with Gasteiger partial charge in [-0.3, -0.25) is 14.4 Å². The van der Waals surface area contributed by atoms with Crippen molar-refractivity contribution in [2.24, 2.45) is 23.3 Å². The van der Waals surface area contributed by atoms with Crippen molar-refractivity contribution in [2.45, 2.75) is 24.5 Å². The van der Waals surface area contributed by atoms with Crippen LogP contribution in [0.2, 0.25) is 0 Å². The lowest BCUT2D eigenvalue weighted by Crippen LogP contribution is -2.65. The van der Waals surface area contributed by atoms with Crippen LogP contribution in [0.3, 0.4) is 0 Å². The van der Waals surface area contributed by atoms with Crippen molar-refractivity contribution in [3.8, 4) is 5.75 Å². The van der Waals surface area contributed by atoms with E-state index >= 15 is 0 Å². The first kappa shape index (κ1) is 19.0. The summed E-state index contributed by atoms with van der Waals surface area (Å²) < 4.78 is 0. The number of Topliss-reactive ketones (excluding diaryl/α,β-unsaturated/α-hetero) is 2. The number of aromatic hydroxyl groups is 1. The van der Waals surface area contributed by atoms with E-state index in [1.54, 1.807) is 0 Å². The molecule has 4 rings (SSSR count). The lowest BCUT2D eigenvalue weighted by Gasteiger charge is -2.48. The molecule has 1 fully saturated rings. The Kier molecular flexibility index (Phi) is 3.80. The molecule has 1 aromatic rings. The molecule has 0 unspecified atom stereocenters. The van der Waals surface area contributed by atoms with Crippen LogP contribution in [-0.4, -0.2) is 49.5 Å². The van der Waals surface area contributed by atoms with Crippen molar-refractivity contribution in [2.75, 3.05) is 5.73 Å². The first-order chi connectivity index (χ1) is 13.5. The normalized spacial score (nSPS) is 31.3. The topological polar surface area (TPSA) is 210 Å². The molecule has 152 valence electrons. The Morgan fingerprint density at radius 1 is 1.17 bits per heavy atom. The number of rotatable bonds is 1. The Morgan fingerprint density at radius 3 is 2.45 bits per heavy atom. The maximum atomic E-state index is 13.3. The summed E-state index contributed by atoms with van der Waals surface area (Å²) in [7, 11) is 0. The SMILES string of the molecule is NC(=O)C1=C(O)[C@@]2(O)C(=O)C3=C(O)c4c(O)ccc(N)c4C[C@H]3C[C@H]2[C@@H](N)C1=O. The van der Waals surface area contributed by atoms with E-state index in [-0.39, 0.29) is 29.7 Å². The summed E-state index contributed by atoms with van der Waals surface area (Å²) in [6, 6.07) is 1.25. The third kappa shape index (κ3) is 2.21. The molecule has 3 aliphatic carbocycles. The van der Waals surface area contributed by atoms with Gasteiger partial charge < -0.3 is 37.6 Å². The molecule has 1 amide bonds. The molecule has 0 radical (unpaired) electrons. The number of benzene rings is 1. The average Bonchev–Trinajstić information content (AvgIpc) is 2.65. The number of amides is 1. The summed E-state index contributed by atoms with van der Waals surface area (Å²) in [4.78, 5) is 37.3. The quantitative estimate of drug-likeness (QED) is 0.173. The summed E-state index contributed by atoms with van der Waals surface area (Å²) in [6.45, 7) is 0. The number of nitrogens with two attached hydrogens (primary N) is 3. The molecular formula is C19H19N3O7. The van der Waals surface area contributed by atoms with Gasteiger partial charge >= 0.3 is 0 Å². The van der Waals surface area contributed by atoms with Crippen molar-refractivity contribution in [3.63, 3.8) is 0 Å². The van der Waals surface area contributed by atoms with Gasteiger partial charge in [-0.15, -0.1) is 0 Å². The van der Waals surface area contributed by atoms with E-state index in [4.69, 9.17) is 17.2 Å². The molecule has 10 heteroatoms. The minimum Gasteiger partial charge on any atom is -0.508 e. The molecule has 0 heterocycles. The highest BCUT2D eigenvalue weighted by Crippen LogP contribution is 2.52.